The third-order valence-corrected chi connectivity index (χ3v) is 3.07. The summed E-state index contributed by atoms with van der Waals surface area (Å²) in [6.07, 6.45) is 1.95. The molecule has 0 radical (unpaired) electrons. The van der Waals surface area contributed by atoms with E-state index >= 15 is 0 Å². The molecule has 0 atom stereocenters. The van der Waals surface area contributed by atoms with E-state index in [0.717, 1.165) is 37.2 Å². The summed E-state index contributed by atoms with van der Waals surface area (Å²) in [5.74, 6) is 0.862. The van der Waals surface area contributed by atoms with E-state index in [2.05, 4.69) is 30.2 Å². The van der Waals surface area contributed by atoms with Crippen LogP contribution in [0.25, 0.3) is 0 Å². The van der Waals surface area contributed by atoms with Crippen molar-refractivity contribution in [1.82, 2.24) is 10.3 Å². The van der Waals surface area contributed by atoms with Crippen molar-refractivity contribution in [2.45, 2.75) is 33.2 Å². The number of ether oxygens (including phenoxy) is 1. The Balaban J connectivity index is 2.13. The number of aryl methyl sites for hydroxylation is 1. The second-order valence-electron chi connectivity index (χ2n) is 4.89. The highest BCUT2D eigenvalue weighted by Gasteiger charge is 2.05. The zero-order valence-corrected chi connectivity index (χ0v) is 12.5. The van der Waals surface area contributed by atoms with Crippen LogP contribution in [-0.2, 0) is 13.0 Å². The quantitative estimate of drug-likeness (QED) is 0.780. The van der Waals surface area contributed by atoms with Crippen molar-refractivity contribution in [3.05, 3.63) is 53.5 Å². The molecule has 0 aliphatic heterocycles. The van der Waals surface area contributed by atoms with Crippen molar-refractivity contribution in [1.29, 1.82) is 0 Å². The van der Waals surface area contributed by atoms with Crippen LogP contribution in [0, 0.1) is 5.82 Å². The topological polar surface area (TPSA) is 34.2 Å². The van der Waals surface area contributed by atoms with E-state index in [1.807, 2.05) is 6.07 Å². The molecule has 0 aliphatic carbocycles. The third-order valence-electron chi connectivity index (χ3n) is 3.07. The van der Waals surface area contributed by atoms with Gasteiger partial charge in [0.2, 0.25) is 5.88 Å². The smallest absolute Gasteiger partial charge is 0.219 e. The first-order chi connectivity index (χ1) is 10.2. The first-order valence-electron chi connectivity index (χ1n) is 7.35. The molecule has 2 aromatic rings. The van der Waals surface area contributed by atoms with E-state index in [1.165, 1.54) is 12.1 Å². The van der Waals surface area contributed by atoms with Gasteiger partial charge in [-0.05, 0) is 55.3 Å². The number of aromatic nitrogens is 1. The van der Waals surface area contributed by atoms with Crippen LogP contribution in [0.3, 0.4) is 0 Å². The molecule has 1 aromatic heterocycles. The molecule has 2 rings (SSSR count). The summed E-state index contributed by atoms with van der Waals surface area (Å²) in [5.41, 5.74) is 2.13. The predicted molar refractivity (Wildman–Crippen MR) is 82.1 cm³/mol. The van der Waals surface area contributed by atoms with Gasteiger partial charge in [0.05, 0.1) is 0 Å². The van der Waals surface area contributed by atoms with Gasteiger partial charge in [-0.25, -0.2) is 9.37 Å². The Hall–Kier alpha value is -1.94. The highest BCUT2D eigenvalue weighted by Crippen LogP contribution is 2.21. The molecule has 3 nitrogen and oxygen atoms in total. The maximum Gasteiger partial charge on any atom is 0.219 e. The number of nitrogens with one attached hydrogen (secondary N) is 1. The molecule has 0 aliphatic rings. The second kappa shape index (κ2) is 7.74. The van der Waals surface area contributed by atoms with Crippen molar-refractivity contribution in [3.63, 3.8) is 0 Å². The average Bonchev–Trinajstić information content (AvgIpc) is 2.50. The highest BCUT2D eigenvalue weighted by molar-refractivity contribution is 5.31. The largest absolute Gasteiger partial charge is 0.439 e. The summed E-state index contributed by atoms with van der Waals surface area (Å²) in [6.45, 7) is 5.98. The molecule has 0 bridgehead atoms. The molecule has 0 saturated carbocycles. The number of hydrogen-bond donors (Lipinski definition) is 1. The summed E-state index contributed by atoms with van der Waals surface area (Å²) in [5, 5.41) is 3.37. The zero-order valence-electron chi connectivity index (χ0n) is 12.5. The number of hydrogen-bond acceptors (Lipinski definition) is 3. The average molecular weight is 288 g/mol. The minimum atomic E-state index is -0.276. The lowest BCUT2D eigenvalue weighted by atomic mass is 10.2. The molecule has 0 saturated heterocycles. The van der Waals surface area contributed by atoms with E-state index in [9.17, 15) is 4.39 Å². The Morgan fingerprint density at radius 1 is 1.14 bits per heavy atom. The van der Waals surface area contributed by atoms with Crippen molar-refractivity contribution < 1.29 is 9.13 Å². The number of benzene rings is 1. The summed E-state index contributed by atoms with van der Waals surface area (Å²) >= 11 is 0. The van der Waals surface area contributed by atoms with Gasteiger partial charge in [0.25, 0.3) is 0 Å². The van der Waals surface area contributed by atoms with Crippen molar-refractivity contribution in [2.24, 2.45) is 0 Å². The van der Waals surface area contributed by atoms with Crippen LogP contribution in [0.2, 0.25) is 0 Å². The van der Waals surface area contributed by atoms with Gasteiger partial charge in [-0.15, -0.1) is 0 Å². The minimum absolute atomic E-state index is 0.276. The minimum Gasteiger partial charge on any atom is -0.439 e. The van der Waals surface area contributed by atoms with Crippen molar-refractivity contribution in [2.75, 3.05) is 6.54 Å². The molecular weight excluding hydrogens is 267 g/mol. The summed E-state index contributed by atoms with van der Waals surface area (Å²) < 4.78 is 18.6. The van der Waals surface area contributed by atoms with Gasteiger partial charge < -0.3 is 10.1 Å². The first kappa shape index (κ1) is 15.4. The molecule has 0 unspecified atom stereocenters. The maximum atomic E-state index is 12.9. The standard InChI is InChI=1S/C17H21FN2O/c1-3-9-19-12-13-10-15(4-2)20-17(11-13)21-16-7-5-14(18)6-8-16/h5-8,10-11,19H,3-4,9,12H2,1-2H3. The fourth-order valence-corrected chi connectivity index (χ4v) is 1.99. The van der Waals surface area contributed by atoms with Gasteiger partial charge in [-0.2, -0.15) is 0 Å². The number of nitrogens with zero attached hydrogens (tertiary/aromatic N) is 1. The van der Waals surface area contributed by atoms with Gasteiger partial charge in [0.15, 0.2) is 0 Å². The van der Waals surface area contributed by atoms with E-state index < -0.39 is 0 Å². The summed E-state index contributed by atoms with van der Waals surface area (Å²) in [7, 11) is 0. The molecule has 1 aromatic carbocycles. The molecule has 4 heteroatoms. The van der Waals surface area contributed by atoms with Crippen LogP contribution < -0.4 is 10.1 Å². The molecule has 1 heterocycles. The SMILES string of the molecule is CCCNCc1cc(CC)nc(Oc2ccc(F)cc2)c1. The van der Waals surface area contributed by atoms with E-state index in [4.69, 9.17) is 4.74 Å². The lowest BCUT2D eigenvalue weighted by Gasteiger charge is -2.10. The number of halogens is 1. The lowest BCUT2D eigenvalue weighted by Crippen LogP contribution is -2.14. The summed E-state index contributed by atoms with van der Waals surface area (Å²) in [4.78, 5) is 4.45. The van der Waals surface area contributed by atoms with Gasteiger partial charge >= 0.3 is 0 Å². The second-order valence-corrected chi connectivity index (χ2v) is 4.89. The molecule has 21 heavy (non-hydrogen) atoms. The predicted octanol–water partition coefficient (Wildman–Crippen LogP) is 4.08. The first-order valence-corrected chi connectivity index (χ1v) is 7.35. The van der Waals surface area contributed by atoms with Gasteiger partial charge in [0, 0.05) is 18.3 Å². The third kappa shape index (κ3) is 4.83. The van der Waals surface area contributed by atoms with Crippen molar-refractivity contribution in [3.8, 4) is 11.6 Å². The van der Waals surface area contributed by atoms with Crippen LogP contribution >= 0.6 is 0 Å². The van der Waals surface area contributed by atoms with E-state index in [1.54, 1.807) is 12.1 Å². The molecule has 112 valence electrons. The molecular formula is C17H21FN2O. The number of pyridine rings is 1. The van der Waals surface area contributed by atoms with E-state index in [0.29, 0.717) is 11.6 Å². The Bertz CT molecular complexity index is 570. The maximum absolute atomic E-state index is 12.9. The molecule has 0 amide bonds. The number of rotatable bonds is 7. The van der Waals surface area contributed by atoms with Gasteiger partial charge in [0.1, 0.15) is 11.6 Å². The monoisotopic (exact) mass is 288 g/mol. The van der Waals surface area contributed by atoms with Crippen LogP contribution in [0.4, 0.5) is 4.39 Å². The van der Waals surface area contributed by atoms with Crippen molar-refractivity contribution >= 4 is 0 Å². The highest BCUT2D eigenvalue weighted by atomic mass is 19.1. The normalized spacial score (nSPS) is 10.6. The summed E-state index contributed by atoms with van der Waals surface area (Å²) in [6, 6.07) is 9.96. The lowest BCUT2D eigenvalue weighted by molar-refractivity contribution is 0.458. The van der Waals surface area contributed by atoms with Gasteiger partial charge in [-0.1, -0.05) is 13.8 Å². The van der Waals surface area contributed by atoms with Crippen LogP contribution in [-0.4, -0.2) is 11.5 Å². The van der Waals surface area contributed by atoms with Crippen LogP contribution in [0.1, 0.15) is 31.5 Å². The van der Waals surface area contributed by atoms with Crippen LogP contribution in [0.15, 0.2) is 36.4 Å². The fourth-order valence-electron chi connectivity index (χ4n) is 1.99. The molecule has 0 spiro atoms. The Labute approximate surface area is 125 Å². The Morgan fingerprint density at radius 3 is 2.57 bits per heavy atom. The van der Waals surface area contributed by atoms with Gasteiger partial charge in [-0.3, -0.25) is 0 Å². The zero-order chi connectivity index (χ0) is 15.1. The Kier molecular flexibility index (Phi) is 5.69. The Morgan fingerprint density at radius 2 is 1.90 bits per heavy atom. The fraction of sp³-hybridized carbons (Fsp3) is 0.353. The molecule has 1 N–H and O–H groups in total. The van der Waals surface area contributed by atoms with Crippen LogP contribution in [0.5, 0.6) is 11.6 Å². The van der Waals surface area contributed by atoms with E-state index in [-0.39, 0.29) is 5.82 Å². The molecule has 0 fully saturated rings.